The van der Waals surface area contributed by atoms with Crippen LogP contribution in [0.1, 0.15) is 21.9 Å². The fraction of sp³-hybridized carbons (Fsp3) is 0.222. The molecule has 0 radical (unpaired) electrons. The first-order valence-electron chi connectivity index (χ1n) is 4.26. The highest BCUT2D eigenvalue weighted by atomic mass is 35.5. The Morgan fingerprint density at radius 1 is 1.53 bits per heavy atom. The number of aromatic carboxylic acids is 1. The Hall–Kier alpha value is -1.62. The van der Waals surface area contributed by atoms with Crippen molar-refractivity contribution in [1.29, 1.82) is 0 Å². The van der Waals surface area contributed by atoms with Crippen LogP contribution in [0.15, 0.2) is 6.07 Å². The molecule has 0 atom stereocenters. The highest BCUT2D eigenvalue weighted by Crippen LogP contribution is 2.21. The molecule has 0 saturated carbocycles. The summed E-state index contributed by atoms with van der Waals surface area (Å²) >= 11 is 5.95. The highest BCUT2D eigenvalue weighted by Gasteiger charge is 2.16. The zero-order valence-corrected chi connectivity index (χ0v) is 8.91. The van der Waals surface area contributed by atoms with Gasteiger partial charge in [-0.05, 0) is 19.9 Å². The van der Waals surface area contributed by atoms with Gasteiger partial charge in [0.15, 0.2) is 11.3 Å². The van der Waals surface area contributed by atoms with Crippen molar-refractivity contribution in [1.82, 2.24) is 14.6 Å². The van der Waals surface area contributed by atoms with E-state index in [1.807, 2.05) is 0 Å². The second-order valence-corrected chi connectivity index (χ2v) is 3.60. The lowest BCUT2D eigenvalue weighted by molar-refractivity contribution is 0.0687. The second-order valence-electron chi connectivity index (χ2n) is 3.22. The molecule has 0 bridgehead atoms. The van der Waals surface area contributed by atoms with Crippen molar-refractivity contribution in [3.05, 3.63) is 28.2 Å². The molecule has 2 aromatic rings. The minimum atomic E-state index is -1.05. The normalized spacial score (nSPS) is 10.9. The number of carbonyl (C=O) groups is 1. The Labute approximate surface area is 90.3 Å². The summed E-state index contributed by atoms with van der Waals surface area (Å²) in [5.74, 6) is -1.05. The number of hydrogen-bond acceptors (Lipinski definition) is 3. The maximum atomic E-state index is 11.0. The van der Waals surface area contributed by atoms with Crippen molar-refractivity contribution >= 4 is 23.2 Å². The van der Waals surface area contributed by atoms with Crippen molar-refractivity contribution in [2.75, 3.05) is 0 Å². The lowest BCUT2D eigenvalue weighted by Crippen LogP contribution is -2.08. The number of aryl methyl sites for hydroxylation is 2. The van der Waals surface area contributed by atoms with Gasteiger partial charge in [0.1, 0.15) is 5.02 Å². The quantitative estimate of drug-likeness (QED) is 0.802. The molecular weight excluding hydrogens is 218 g/mol. The summed E-state index contributed by atoms with van der Waals surface area (Å²) in [6.07, 6.45) is 0. The molecule has 78 valence electrons. The molecule has 0 unspecified atom stereocenters. The summed E-state index contributed by atoms with van der Waals surface area (Å²) in [5, 5.41) is 13.4. The molecule has 5 nitrogen and oxygen atoms in total. The molecule has 0 aliphatic rings. The average molecular weight is 226 g/mol. The van der Waals surface area contributed by atoms with Gasteiger partial charge in [-0.3, -0.25) is 0 Å². The van der Waals surface area contributed by atoms with Gasteiger partial charge in [-0.25, -0.2) is 14.3 Å². The number of carboxylic acid groups (broad SMARTS) is 1. The van der Waals surface area contributed by atoms with Gasteiger partial charge < -0.3 is 5.11 Å². The van der Waals surface area contributed by atoms with Gasteiger partial charge in [-0.1, -0.05) is 11.6 Å². The Morgan fingerprint density at radius 2 is 2.20 bits per heavy atom. The Morgan fingerprint density at radius 3 is 2.80 bits per heavy atom. The maximum Gasteiger partial charge on any atom is 0.354 e. The van der Waals surface area contributed by atoms with Gasteiger partial charge in [0.05, 0.1) is 5.69 Å². The number of fused-ring (bicyclic) bond motifs is 1. The minimum Gasteiger partial charge on any atom is -0.477 e. The van der Waals surface area contributed by atoms with Crippen molar-refractivity contribution in [2.45, 2.75) is 13.8 Å². The third-order valence-electron chi connectivity index (χ3n) is 2.04. The maximum absolute atomic E-state index is 11.0. The first kappa shape index (κ1) is 9.92. The van der Waals surface area contributed by atoms with Crippen LogP contribution in [-0.4, -0.2) is 25.7 Å². The van der Waals surface area contributed by atoms with Crippen LogP contribution in [0.4, 0.5) is 0 Å². The van der Waals surface area contributed by atoms with Crippen molar-refractivity contribution < 1.29 is 9.90 Å². The first-order valence-corrected chi connectivity index (χ1v) is 4.64. The van der Waals surface area contributed by atoms with E-state index in [1.54, 1.807) is 13.8 Å². The molecular formula is C9H8ClN3O2. The molecule has 0 amide bonds. The Kier molecular flexibility index (Phi) is 2.12. The van der Waals surface area contributed by atoms with E-state index in [2.05, 4.69) is 10.1 Å². The van der Waals surface area contributed by atoms with E-state index in [-0.39, 0.29) is 5.69 Å². The molecule has 15 heavy (non-hydrogen) atoms. The molecule has 2 aromatic heterocycles. The van der Waals surface area contributed by atoms with Crippen LogP contribution in [0, 0.1) is 13.8 Å². The molecule has 6 heteroatoms. The topological polar surface area (TPSA) is 67.5 Å². The van der Waals surface area contributed by atoms with Crippen LogP contribution in [0.3, 0.4) is 0 Å². The predicted octanol–water partition coefficient (Wildman–Crippen LogP) is 1.70. The number of halogens is 1. The van der Waals surface area contributed by atoms with E-state index in [9.17, 15) is 4.79 Å². The van der Waals surface area contributed by atoms with Crippen LogP contribution < -0.4 is 0 Å². The fourth-order valence-corrected chi connectivity index (χ4v) is 1.53. The monoisotopic (exact) mass is 225 g/mol. The standard InChI is InChI=1S/C9H8ClN3O2/c1-4-3-6(9(14)15)13-8(11-4)7(10)5(2)12-13/h3H,1-2H3,(H,14,15). The van der Waals surface area contributed by atoms with E-state index in [0.29, 0.717) is 22.1 Å². The van der Waals surface area contributed by atoms with Gasteiger partial charge in [-0.2, -0.15) is 5.10 Å². The van der Waals surface area contributed by atoms with Gasteiger partial charge in [0.25, 0.3) is 0 Å². The number of carboxylic acids is 1. The van der Waals surface area contributed by atoms with Gasteiger partial charge in [0.2, 0.25) is 0 Å². The lowest BCUT2D eigenvalue weighted by Gasteiger charge is -2.00. The molecule has 2 heterocycles. The number of rotatable bonds is 1. The van der Waals surface area contributed by atoms with Crippen molar-refractivity contribution in [2.24, 2.45) is 0 Å². The van der Waals surface area contributed by atoms with E-state index in [0.717, 1.165) is 0 Å². The first-order chi connectivity index (χ1) is 7.00. The van der Waals surface area contributed by atoms with Crippen LogP contribution in [-0.2, 0) is 0 Å². The van der Waals surface area contributed by atoms with Gasteiger partial charge in [-0.15, -0.1) is 0 Å². The molecule has 0 aliphatic heterocycles. The van der Waals surface area contributed by atoms with E-state index in [4.69, 9.17) is 16.7 Å². The third-order valence-corrected chi connectivity index (χ3v) is 2.48. The van der Waals surface area contributed by atoms with Crippen LogP contribution in [0.25, 0.3) is 5.65 Å². The van der Waals surface area contributed by atoms with Gasteiger partial charge >= 0.3 is 5.97 Å². The molecule has 1 N–H and O–H groups in total. The molecule has 0 aliphatic carbocycles. The highest BCUT2D eigenvalue weighted by molar-refractivity contribution is 6.34. The Balaban J connectivity index is 2.92. The van der Waals surface area contributed by atoms with Crippen LogP contribution in [0.2, 0.25) is 5.02 Å². The van der Waals surface area contributed by atoms with Gasteiger partial charge in [0, 0.05) is 5.69 Å². The molecule has 0 saturated heterocycles. The number of nitrogens with zero attached hydrogens (tertiary/aromatic N) is 3. The number of aromatic nitrogens is 3. The third kappa shape index (κ3) is 1.45. The zero-order valence-electron chi connectivity index (χ0n) is 8.15. The minimum absolute atomic E-state index is 0.0625. The van der Waals surface area contributed by atoms with Crippen molar-refractivity contribution in [3.8, 4) is 0 Å². The van der Waals surface area contributed by atoms with E-state index >= 15 is 0 Å². The smallest absolute Gasteiger partial charge is 0.354 e. The molecule has 0 spiro atoms. The zero-order chi connectivity index (χ0) is 11.2. The summed E-state index contributed by atoms with van der Waals surface area (Å²) in [5.41, 5.74) is 1.61. The fourth-order valence-electron chi connectivity index (χ4n) is 1.37. The molecule has 0 aromatic carbocycles. The average Bonchev–Trinajstić information content (AvgIpc) is 2.43. The van der Waals surface area contributed by atoms with E-state index < -0.39 is 5.97 Å². The lowest BCUT2D eigenvalue weighted by atomic mass is 10.3. The Bertz CT molecular complexity index is 562. The SMILES string of the molecule is Cc1cc(C(=O)O)n2nc(C)c(Cl)c2n1. The molecule has 0 fully saturated rings. The summed E-state index contributed by atoms with van der Waals surface area (Å²) in [6.45, 7) is 3.42. The predicted molar refractivity (Wildman–Crippen MR) is 54.4 cm³/mol. The summed E-state index contributed by atoms with van der Waals surface area (Å²) in [7, 11) is 0. The summed E-state index contributed by atoms with van der Waals surface area (Å²) in [4.78, 5) is 15.1. The largest absolute Gasteiger partial charge is 0.477 e. The van der Waals surface area contributed by atoms with Crippen LogP contribution >= 0.6 is 11.6 Å². The van der Waals surface area contributed by atoms with E-state index in [1.165, 1.54) is 10.6 Å². The number of hydrogen-bond donors (Lipinski definition) is 1. The van der Waals surface area contributed by atoms with Crippen LogP contribution in [0.5, 0.6) is 0 Å². The second kappa shape index (κ2) is 3.20. The molecule has 2 rings (SSSR count). The van der Waals surface area contributed by atoms with Crippen molar-refractivity contribution in [3.63, 3.8) is 0 Å². The summed E-state index contributed by atoms with van der Waals surface area (Å²) < 4.78 is 1.24. The summed E-state index contributed by atoms with van der Waals surface area (Å²) in [6, 6.07) is 1.46.